The minimum absolute atomic E-state index is 0.216. The molecule has 334 valence electrons. The second-order valence-corrected chi connectivity index (χ2v) is 18.5. The summed E-state index contributed by atoms with van der Waals surface area (Å²) in [7, 11) is 0. The van der Waals surface area contributed by atoms with Crippen LogP contribution >= 0.6 is 0 Å². The zero-order chi connectivity index (χ0) is 41.4. The van der Waals surface area contributed by atoms with Gasteiger partial charge in [-0.15, -0.1) is 0 Å². The van der Waals surface area contributed by atoms with Crippen molar-refractivity contribution in [2.75, 3.05) is 0 Å². The molecule has 0 aliphatic carbocycles. The SMILES string of the molecule is CCCCC12OC3(CCCC)OC4(CCCC)OC(CCCC)(O1)OC1(CCCC)OC(CCCC)(O2)OC(CCCC)(O3)OC(CCCCCC(C)(C)C)(O4)O1. The molecular weight excluding hydrogens is 732 g/mol. The normalized spacial score (nSPS) is 38.8. The van der Waals surface area contributed by atoms with Crippen LogP contribution < -0.4 is 0 Å². The van der Waals surface area contributed by atoms with Gasteiger partial charge in [-0.25, -0.2) is 0 Å². The average Bonchev–Trinajstić information content (AvgIpc) is 3.11. The Kier molecular flexibility index (Phi) is 16.4. The maximum Gasteiger partial charge on any atom is 0.295 e. The van der Waals surface area contributed by atoms with Gasteiger partial charge in [0, 0.05) is 51.4 Å². The summed E-state index contributed by atoms with van der Waals surface area (Å²) in [6, 6.07) is 0. The number of ether oxygens (including phenoxy) is 12. The highest BCUT2D eigenvalue weighted by Crippen LogP contribution is 2.61. The molecule has 0 unspecified atom stereocenters. The predicted octanol–water partition coefficient (Wildman–Crippen LogP) is 12.8. The first-order valence-corrected chi connectivity index (χ1v) is 23.5. The Bertz CT molecular complexity index is 1080. The minimum Gasteiger partial charge on any atom is -0.269 e. The molecule has 0 radical (unpaired) electrons. The van der Waals surface area contributed by atoms with Gasteiger partial charge in [-0.1, -0.05) is 127 Å². The van der Waals surface area contributed by atoms with Crippen LogP contribution in [-0.4, -0.2) is 47.8 Å². The number of unbranched alkanes of at least 4 members (excludes halogenated alkanes) is 9. The van der Waals surface area contributed by atoms with Crippen molar-refractivity contribution in [2.24, 2.45) is 5.41 Å². The molecule has 6 fully saturated rings. The van der Waals surface area contributed by atoms with Crippen molar-refractivity contribution in [2.45, 2.75) is 284 Å². The van der Waals surface area contributed by atoms with E-state index in [9.17, 15) is 0 Å². The van der Waals surface area contributed by atoms with Crippen LogP contribution in [0.3, 0.4) is 0 Å². The van der Waals surface area contributed by atoms with Crippen LogP contribution in [0.2, 0.25) is 0 Å². The molecule has 6 heterocycles. The van der Waals surface area contributed by atoms with Crippen molar-refractivity contribution in [3.8, 4) is 0 Å². The van der Waals surface area contributed by atoms with E-state index in [4.69, 9.17) is 56.8 Å². The Morgan fingerprint density at radius 3 is 0.579 bits per heavy atom. The first-order chi connectivity index (χ1) is 27.1. The van der Waals surface area contributed by atoms with Crippen LogP contribution in [0, 0.1) is 5.41 Å². The van der Waals surface area contributed by atoms with Crippen LogP contribution in [0.25, 0.3) is 0 Å². The fraction of sp³-hybridized carbons (Fsp3) is 1.00. The van der Waals surface area contributed by atoms with Gasteiger partial charge >= 0.3 is 0 Å². The molecule has 0 amide bonds. The molecule has 57 heavy (non-hydrogen) atoms. The van der Waals surface area contributed by atoms with Gasteiger partial charge in [0.2, 0.25) is 0 Å². The fourth-order valence-corrected chi connectivity index (χ4v) is 8.49. The quantitative estimate of drug-likeness (QED) is 0.0775. The van der Waals surface area contributed by atoms with Gasteiger partial charge in [-0.3, -0.25) is 56.8 Å². The summed E-state index contributed by atoms with van der Waals surface area (Å²) in [6.45, 7) is 21.7. The van der Waals surface area contributed by atoms with Crippen molar-refractivity contribution in [1.82, 2.24) is 0 Å². The Labute approximate surface area is 345 Å². The van der Waals surface area contributed by atoms with Crippen molar-refractivity contribution in [3.05, 3.63) is 0 Å². The first-order valence-electron chi connectivity index (χ1n) is 23.5. The highest BCUT2D eigenvalue weighted by molar-refractivity contribution is 4.90. The average molecular weight is 815 g/mol. The molecule has 6 aliphatic heterocycles. The molecule has 12 nitrogen and oxygen atoms in total. The van der Waals surface area contributed by atoms with E-state index < -0.39 is 47.8 Å². The maximum atomic E-state index is 7.42. The van der Waals surface area contributed by atoms with Crippen LogP contribution in [0.5, 0.6) is 0 Å². The molecular formula is C45H82O12. The fourth-order valence-electron chi connectivity index (χ4n) is 8.49. The van der Waals surface area contributed by atoms with E-state index in [0.717, 1.165) is 64.2 Å². The zero-order valence-corrected chi connectivity index (χ0v) is 37.8. The molecule has 0 aromatic carbocycles. The molecule has 0 saturated carbocycles. The number of hydrogen-bond acceptors (Lipinski definition) is 12. The summed E-state index contributed by atoms with van der Waals surface area (Å²) in [5.41, 5.74) is 0.216. The Balaban J connectivity index is 1.83. The van der Waals surface area contributed by atoms with Crippen molar-refractivity contribution < 1.29 is 56.8 Å². The van der Waals surface area contributed by atoms with Crippen molar-refractivity contribution >= 4 is 0 Å². The monoisotopic (exact) mass is 815 g/mol. The second kappa shape index (κ2) is 19.7. The molecule has 6 saturated heterocycles. The molecule has 0 atom stereocenters. The van der Waals surface area contributed by atoms with Crippen LogP contribution in [0.1, 0.15) is 236 Å². The Morgan fingerprint density at radius 1 is 0.246 bits per heavy atom. The second-order valence-electron chi connectivity index (χ2n) is 18.5. The Morgan fingerprint density at radius 2 is 0.421 bits per heavy atom. The molecule has 0 aromatic rings. The van der Waals surface area contributed by atoms with E-state index >= 15 is 0 Å². The molecule has 6 aliphatic rings. The van der Waals surface area contributed by atoms with Gasteiger partial charge in [-0.05, 0) is 63.2 Å². The molecule has 6 rings (SSSR count). The summed E-state index contributed by atoms with van der Waals surface area (Å²) < 4.78 is 88.5. The first kappa shape index (κ1) is 47.6. The standard InChI is InChI=1S/C45H82O12/c1-11-18-29-38-46-39(30-19-12-2)49-42(33-22-15-5)51-40(47-38,31-20-13-3)53-44(35-24-17-7)54-41(48-38,32-21-14-4)52-43(50-39,34-23-16-6)56-45(55-42,57-44)36-27-25-26-28-37(8,9)10/h11-36H2,1-10H3. The van der Waals surface area contributed by atoms with E-state index in [1.807, 2.05) is 0 Å². The Hall–Kier alpha value is -0.480. The van der Waals surface area contributed by atoms with Gasteiger partial charge in [0.1, 0.15) is 0 Å². The van der Waals surface area contributed by atoms with E-state index in [-0.39, 0.29) is 50.4 Å². The maximum absolute atomic E-state index is 7.42. The molecule has 12 heteroatoms. The molecule has 0 spiro atoms. The lowest BCUT2D eigenvalue weighted by atomic mass is 9.89. The smallest absolute Gasteiger partial charge is 0.269 e. The highest BCUT2D eigenvalue weighted by atomic mass is 17.2. The summed E-state index contributed by atoms with van der Waals surface area (Å²) in [6.07, 6.45) is 16.7. The molecule has 0 N–H and O–H groups in total. The molecule has 0 aromatic heterocycles. The number of rotatable bonds is 26. The van der Waals surface area contributed by atoms with Crippen molar-refractivity contribution in [3.63, 3.8) is 0 Å². The van der Waals surface area contributed by atoms with Crippen LogP contribution in [0.4, 0.5) is 0 Å². The molecule has 8 bridgehead atoms. The largest absolute Gasteiger partial charge is 0.295 e. The van der Waals surface area contributed by atoms with Crippen LogP contribution in [0.15, 0.2) is 0 Å². The van der Waals surface area contributed by atoms with Gasteiger partial charge in [-0.2, -0.15) is 0 Å². The summed E-state index contributed by atoms with van der Waals surface area (Å²) in [5.74, 6) is -14.8. The topological polar surface area (TPSA) is 111 Å². The van der Waals surface area contributed by atoms with E-state index in [0.29, 0.717) is 57.8 Å². The lowest BCUT2D eigenvalue weighted by molar-refractivity contribution is -0.793. The van der Waals surface area contributed by atoms with Gasteiger partial charge in [0.15, 0.2) is 0 Å². The third-order valence-electron chi connectivity index (χ3n) is 11.5. The van der Waals surface area contributed by atoms with Crippen molar-refractivity contribution in [1.29, 1.82) is 0 Å². The summed E-state index contributed by atoms with van der Waals surface area (Å²) in [4.78, 5) is 0. The third kappa shape index (κ3) is 11.7. The van der Waals surface area contributed by atoms with E-state index in [1.165, 1.54) is 0 Å². The predicted molar refractivity (Wildman–Crippen MR) is 214 cm³/mol. The highest BCUT2D eigenvalue weighted by Gasteiger charge is 2.76. The lowest BCUT2D eigenvalue weighted by Crippen LogP contribution is -2.79. The summed E-state index contributed by atoms with van der Waals surface area (Å²) in [5, 5.41) is 0. The minimum atomic E-state index is -1.86. The van der Waals surface area contributed by atoms with E-state index in [2.05, 4.69) is 69.2 Å². The summed E-state index contributed by atoms with van der Waals surface area (Å²) >= 11 is 0. The van der Waals surface area contributed by atoms with Gasteiger partial charge in [0.05, 0.1) is 0 Å². The lowest BCUT2D eigenvalue weighted by Gasteiger charge is -2.66. The third-order valence-corrected chi connectivity index (χ3v) is 11.5. The van der Waals surface area contributed by atoms with Gasteiger partial charge in [0.25, 0.3) is 47.8 Å². The number of hydrogen-bond donors (Lipinski definition) is 0. The zero-order valence-electron chi connectivity index (χ0n) is 37.8. The van der Waals surface area contributed by atoms with Gasteiger partial charge < -0.3 is 0 Å². The van der Waals surface area contributed by atoms with Crippen LogP contribution in [-0.2, 0) is 56.8 Å². The van der Waals surface area contributed by atoms with E-state index in [1.54, 1.807) is 0 Å².